The lowest BCUT2D eigenvalue weighted by molar-refractivity contribution is 0.425. The highest BCUT2D eigenvalue weighted by atomic mass is 35.5. The molecule has 0 saturated carbocycles. The number of nitrogen functional groups attached to an aromatic ring is 1. The van der Waals surface area contributed by atoms with Crippen LogP contribution in [0.3, 0.4) is 0 Å². The highest BCUT2D eigenvalue weighted by Crippen LogP contribution is 2.29. The molecule has 7 heteroatoms. The van der Waals surface area contributed by atoms with Crippen LogP contribution in [0.5, 0.6) is 0 Å². The van der Waals surface area contributed by atoms with Crippen LogP contribution < -0.4 is 11.1 Å². The van der Waals surface area contributed by atoms with Gasteiger partial charge in [0.2, 0.25) is 0 Å². The van der Waals surface area contributed by atoms with E-state index in [4.69, 9.17) is 5.73 Å². The van der Waals surface area contributed by atoms with E-state index in [2.05, 4.69) is 41.5 Å². The number of aryl methyl sites for hydroxylation is 2. The predicted octanol–water partition coefficient (Wildman–Crippen LogP) is 2.22. The number of hydrogen-bond acceptors (Lipinski definition) is 4. The number of nitrogens with one attached hydrogen (secondary N) is 1. The molecule has 2 aromatic rings. The lowest BCUT2D eigenvalue weighted by atomic mass is 10.2. The van der Waals surface area contributed by atoms with Gasteiger partial charge in [-0.3, -0.25) is 0 Å². The first-order chi connectivity index (χ1) is 9.16. The Balaban J connectivity index is 0.00000110. The highest BCUT2D eigenvalue weighted by molar-refractivity contribution is 5.85. The Morgan fingerprint density at radius 2 is 2.05 bits per heavy atom. The molecule has 0 radical (unpaired) electrons. The van der Waals surface area contributed by atoms with Crippen LogP contribution in [0.2, 0.25) is 0 Å². The Morgan fingerprint density at radius 1 is 1.29 bits per heavy atom. The van der Waals surface area contributed by atoms with E-state index in [0.29, 0.717) is 0 Å². The first-order valence-corrected chi connectivity index (χ1v) is 6.84. The Bertz CT molecular complexity index is 609. The molecule has 0 unspecified atom stereocenters. The monoisotopic (exact) mass is 331 g/mol. The molecule has 0 spiro atoms. The Morgan fingerprint density at radius 3 is 2.76 bits per heavy atom. The molecular weight excluding hydrogens is 309 g/mol. The largest absolute Gasteiger partial charge is 0.394 e. The van der Waals surface area contributed by atoms with Crippen molar-refractivity contribution in [3.05, 3.63) is 23.4 Å². The van der Waals surface area contributed by atoms with Crippen molar-refractivity contribution >= 4 is 41.8 Å². The van der Waals surface area contributed by atoms with Gasteiger partial charge in [-0.2, -0.15) is 0 Å². The van der Waals surface area contributed by atoms with Crippen LogP contribution in [-0.4, -0.2) is 41.7 Å². The number of nitrogens with two attached hydrogens (primary N) is 1. The van der Waals surface area contributed by atoms with Crippen LogP contribution in [0.1, 0.15) is 17.7 Å². The quantitative estimate of drug-likeness (QED) is 0.901. The fourth-order valence-electron chi connectivity index (χ4n) is 2.69. The smallest absolute Gasteiger partial charge is 0.172 e. The first-order valence-electron chi connectivity index (χ1n) is 6.84. The number of hydrogen-bond donors (Lipinski definition) is 2. The minimum atomic E-state index is 0. The maximum absolute atomic E-state index is 6.19. The summed E-state index contributed by atoms with van der Waals surface area (Å²) in [6.45, 7) is 1.81. The van der Waals surface area contributed by atoms with Gasteiger partial charge in [0.05, 0.1) is 5.52 Å². The summed E-state index contributed by atoms with van der Waals surface area (Å²) in [5.41, 5.74) is 10.7. The number of halogens is 2. The van der Waals surface area contributed by atoms with Crippen molar-refractivity contribution in [3.63, 3.8) is 0 Å². The Kier molecular flexibility index (Phi) is 6.13. The van der Waals surface area contributed by atoms with E-state index in [-0.39, 0.29) is 24.8 Å². The third-order valence-corrected chi connectivity index (χ3v) is 3.74. The van der Waals surface area contributed by atoms with E-state index in [0.717, 1.165) is 43.0 Å². The summed E-state index contributed by atoms with van der Waals surface area (Å²) in [6.07, 6.45) is 3.48. The Hall–Kier alpha value is -1.17. The van der Waals surface area contributed by atoms with Crippen molar-refractivity contribution in [2.45, 2.75) is 19.3 Å². The lowest BCUT2D eigenvalue weighted by Crippen LogP contribution is -2.21. The van der Waals surface area contributed by atoms with Gasteiger partial charge in [-0.1, -0.05) is 6.07 Å². The molecule has 1 aliphatic carbocycles. The molecule has 0 fully saturated rings. The number of aromatic nitrogens is 2. The van der Waals surface area contributed by atoms with E-state index < -0.39 is 0 Å². The fourth-order valence-corrected chi connectivity index (χ4v) is 2.69. The molecule has 5 nitrogen and oxygen atoms in total. The zero-order valence-corrected chi connectivity index (χ0v) is 14.1. The van der Waals surface area contributed by atoms with E-state index >= 15 is 0 Å². The second-order valence-corrected chi connectivity index (χ2v) is 5.45. The van der Waals surface area contributed by atoms with Crippen LogP contribution in [0.25, 0.3) is 5.52 Å². The van der Waals surface area contributed by atoms with Gasteiger partial charge in [0.25, 0.3) is 0 Å². The normalized spacial score (nSPS) is 12.9. The molecule has 2 heterocycles. The van der Waals surface area contributed by atoms with Gasteiger partial charge < -0.3 is 16.0 Å². The number of fused-ring (bicyclic) bond motifs is 3. The van der Waals surface area contributed by atoms with Crippen LogP contribution in [0.15, 0.2) is 12.1 Å². The summed E-state index contributed by atoms with van der Waals surface area (Å²) in [7, 11) is 4.11. The summed E-state index contributed by atoms with van der Waals surface area (Å²) in [5, 5.41) is 7.97. The predicted molar refractivity (Wildman–Crippen MR) is 93.2 cm³/mol. The van der Waals surface area contributed by atoms with Crippen LogP contribution in [0, 0.1) is 0 Å². The fraction of sp³-hybridized carbons (Fsp3) is 0.500. The lowest BCUT2D eigenvalue weighted by Gasteiger charge is -2.09. The maximum Gasteiger partial charge on any atom is 0.172 e. The number of pyridine rings is 1. The minimum Gasteiger partial charge on any atom is -0.394 e. The number of likely N-dealkylation sites (N-methyl/N-ethyl adjacent to an activating group) is 1. The van der Waals surface area contributed by atoms with Crippen molar-refractivity contribution < 1.29 is 0 Å². The number of rotatable bonds is 4. The Labute approximate surface area is 137 Å². The molecule has 1 aliphatic rings. The molecule has 2 aromatic heterocycles. The molecule has 0 aliphatic heterocycles. The summed E-state index contributed by atoms with van der Waals surface area (Å²) in [4.78, 5) is 2.14. The van der Waals surface area contributed by atoms with Crippen LogP contribution in [-0.2, 0) is 12.8 Å². The third-order valence-electron chi connectivity index (χ3n) is 3.74. The van der Waals surface area contributed by atoms with Gasteiger partial charge in [-0.25, -0.2) is 4.52 Å². The summed E-state index contributed by atoms with van der Waals surface area (Å²) in [6, 6.07) is 4.28. The summed E-state index contributed by atoms with van der Waals surface area (Å²) >= 11 is 0. The molecular formula is C14H23Cl2N5. The summed E-state index contributed by atoms with van der Waals surface area (Å²) in [5.74, 6) is 0.808. The topological polar surface area (TPSA) is 58.6 Å². The molecule has 118 valence electrons. The molecule has 0 atom stereocenters. The van der Waals surface area contributed by atoms with Gasteiger partial charge in [0, 0.05) is 18.8 Å². The molecule has 3 N–H and O–H groups in total. The van der Waals surface area contributed by atoms with Crippen molar-refractivity contribution in [3.8, 4) is 0 Å². The van der Waals surface area contributed by atoms with Crippen LogP contribution >= 0.6 is 24.8 Å². The summed E-state index contributed by atoms with van der Waals surface area (Å²) < 4.78 is 2.02. The standard InChI is InChI=1S/C14H21N5.2ClH/c1-18(2)9-8-16-14-13(15)12-7-6-10-4-3-5-11(10)19(12)17-14;;/h6-7H,3-5,8-9,15H2,1-2H3,(H,16,17);2*1H. The van der Waals surface area contributed by atoms with E-state index in [1.807, 2.05) is 4.52 Å². The third kappa shape index (κ3) is 3.36. The van der Waals surface area contributed by atoms with Crippen molar-refractivity contribution in [2.75, 3.05) is 38.2 Å². The molecule has 0 saturated heterocycles. The van der Waals surface area contributed by atoms with Gasteiger partial charge in [0.1, 0.15) is 5.69 Å². The maximum atomic E-state index is 6.19. The second kappa shape index (κ2) is 7.20. The van der Waals surface area contributed by atoms with E-state index in [9.17, 15) is 0 Å². The zero-order chi connectivity index (χ0) is 13.4. The zero-order valence-electron chi connectivity index (χ0n) is 12.4. The van der Waals surface area contributed by atoms with Gasteiger partial charge in [-0.15, -0.1) is 29.9 Å². The molecule has 0 bridgehead atoms. The molecule has 0 aromatic carbocycles. The van der Waals surface area contributed by atoms with Crippen molar-refractivity contribution in [1.29, 1.82) is 0 Å². The van der Waals surface area contributed by atoms with E-state index in [1.165, 1.54) is 17.7 Å². The molecule has 21 heavy (non-hydrogen) atoms. The van der Waals surface area contributed by atoms with Crippen LogP contribution in [0.4, 0.5) is 11.5 Å². The minimum absolute atomic E-state index is 0. The number of nitrogens with zero attached hydrogens (tertiary/aromatic N) is 3. The first kappa shape index (κ1) is 17.9. The van der Waals surface area contributed by atoms with Crippen molar-refractivity contribution in [2.24, 2.45) is 0 Å². The van der Waals surface area contributed by atoms with Crippen molar-refractivity contribution in [1.82, 2.24) is 14.5 Å². The SMILES string of the molecule is CN(C)CCNc1nn2c3c(ccc2c1N)CCC3.Cl.Cl. The number of anilines is 2. The molecule has 0 amide bonds. The molecule has 3 rings (SSSR count). The average Bonchev–Trinajstić information content (AvgIpc) is 2.94. The van der Waals surface area contributed by atoms with Gasteiger partial charge in [-0.05, 0) is 45.0 Å². The average molecular weight is 332 g/mol. The second-order valence-electron chi connectivity index (χ2n) is 5.45. The van der Waals surface area contributed by atoms with Gasteiger partial charge >= 0.3 is 0 Å². The van der Waals surface area contributed by atoms with Gasteiger partial charge in [0.15, 0.2) is 5.82 Å². The van der Waals surface area contributed by atoms with E-state index in [1.54, 1.807) is 0 Å². The highest BCUT2D eigenvalue weighted by Gasteiger charge is 2.18.